The molecule has 2 aromatic carbocycles. The Morgan fingerprint density at radius 2 is 1.83 bits per heavy atom. The zero-order chi connectivity index (χ0) is 16.7. The number of thiophene rings is 1. The van der Waals surface area contributed by atoms with Crippen LogP contribution in [0.25, 0.3) is 22.2 Å². The van der Waals surface area contributed by atoms with E-state index in [1.165, 1.54) is 0 Å². The molecule has 0 atom stereocenters. The first-order chi connectivity index (χ1) is 11.6. The summed E-state index contributed by atoms with van der Waals surface area (Å²) in [6.45, 7) is 1.89. The van der Waals surface area contributed by atoms with E-state index < -0.39 is 9.84 Å². The van der Waals surface area contributed by atoms with Crippen LogP contribution in [0.3, 0.4) is 0 Å². The standard InChI is InChI=1S/C19H15NO2S2/c1-13-4-2-5-15(10-13)24(21,22)19-7-3-6-17-16(19)11-18(20-17)14-8-9-23-12-14/h2-12,20H,1H3. The number of nitrogens with one attached hydrogen (secondary N) is 1. The van der Waals surface area contributed by atoms with Crippen molar-refractivity contribution in [3.8, 4) is 11.3 Å². The fourth-order valence-electron chi connectivity index (χ4n) is 2.84. The van der Waals surface area contributed by atoms with Gasteiger partial charge in [-0.3, -0.25) is 0 Å². The van der Waals surface area contributed by atoms with E-state index in [0.29, 0.717) is 9.79 Å². The Morgan fingerprint density at radius 3 is 2.58 bits per heavy atom. The lowest BCUT2D eigenvalue weighted by atomic mass is 10.2. The minimum absolute atomic E-state index is 0.327. The van der Waals surface area contributed by atoms with Gasteiger partial charge in [-0.2, -0.15) is 11.3 Å². The van der Waals surface area contributed by atoms with Crippen molar-refractivity contribution in [1.29, 1.82) is 0 Å². The third-order valence-corrected chi connectivity index (χ3v) is 6.54. The van der Waals surface area contributed by atoms with Gasteiger partial charge in [0, 0.05) is 27.5 Å². The van der Waals surface area contributed by atoms with Gasteiger partial charge in [-0.25, -0.2) is 8.42 Å². The molecule has 0 aliphatic heterocycles. The van der Waals surface area contributed by atoms with Crippen molar-refractivity contribution < 1.29 is 8.42 Å². The summed E-state index contributed by atoms with van der Waals surface area (Å²) in [5.74, 6) is 0. The summed E-state index contributed by atoms with van der Waals surface area (Å²) in [4.78, 5) is 3.98. The van der Waals surface area contributed by atoms with Crippen molar-refractivity contribution in [3.05, 3.63) is 70.9 Å². The fraction of sp³-hybridized carbons (Fsp3) is 0.0526. The SMILES string of the molecule is Cc1cccc(S(=O)(=O)c2cccc3[nH]c(-c4ccsc4)cc23)c1. The lowest BCUT2D eigenvalue weighted by molar-refractivity contribution is 0.597. The molecule has 2 aromatic heterocycles. The molecule has 0 spiro atoms. The monoisotopic (exact) mass is 353 g/mol. The summed E-state index contributed by atoms with van der Waals surface area (Å²) in [7, 11) is -3.56. The molecular formula is C19H15NO2S2. The van der Waals surface area contributed by atoms with Crippen LogP contribution in [-0.2, 0) is 9.84 Å². The zero-order valence-corrected chi connectivity index (χ0v) is 14.6. The molecule has 0 saturated heterocycles. The van der Waals surface area contributed by atoms with Crippen molar-refractivity contribution >= 4 is 32.1 Å². The molecule has 2 heterocycles. The molecule has 3 nitrogen and oxygen atoms in total. The number of rotatable bonds is 3. The van der Waals surface area contributed by atoms with Gasteiger partial charge in [0.15, 0.2) is 0 Å². The van der Waals surface area contributed by atoms with E-state index in [4.69, 9.17) is 0 Å². The van der Waals surface area contributed by atoms with E-state index >= 15 is 0 Å². The second kappa shape index (κ2) is 5.61. The van der Waals surface area contributed by atoms with E-state index in [-0.39, 0.29) is 0 Å². The molecule has 0 amide bonds. The molecule has 4 aromatic rings. The molecule has 0 radical (unpaired) electrons. The van der Waals surface area contributed by atoms with Crippen molar-refractivity contribution in [1.82, 2.24) is 4.98 Å². The predicted molar refractivity (Wildman–Crippen MR) is 98.2 cm³/mol. The van der Waals surface area contributed by atoms with Gasteiger partial charge in [-0.05, 0) is 54.3 Å². The van der Waals surface area contributed by atoms with E-state index in [0.717, 1.165) is 27.7 Å². The van der Waals surface area contributed by atoms with Gasteiger partial charge < -0.3 is 4.98 Å². The first-order valence-corrected chi connectivity index (χ1v) is 9.94. The van der Waals surface area contributed by atoms with Gasteiger partial charge in [-0.1, -0.05) is 18.2 Å². The van der Waals surface area contributed by atoms with Gasteiger partial charge in [0.25, 0.3) is 0 Å². The number of aromatic amines is 1. The highest BCUT2D eigenvalue weighted by atomic mass is 32.2. The summed E-state index contributed by atoms with van der Waals surface area (Å²) in [6.07, 6.45) is 0. The van der Waals surface area contributed by atoms with Crippen molar-refractivity contribution in [2.75, 3.05) is 0 Å². The number of aromatic nitrogens is 1. The maximum Gasteiger partial charge on any atom is 0.207 e. The third-order valence-electron chi connectivity index (χ3n) is 4.05. The van der Waals surface area contributed by atoms with Crippen LogP contribution in [-0.4, -0.2) is 13.4 Å². The number of H-pyrrole nitrogens is 1. The summed E-state index contributed by atoms with van der Waals surface area (Å²) in [5, 5.41) is 4.77. The van der Waals surface area contributed by atoms with Crippen LogP contribution in [0.1, 0.15) is 5.56 Å². The Morgan fingerprint density at radius 1 is 1.00 bits per heavy atom. The summed E-state index contributed by atoms with van der Waals surface area (Å²) >= 11 is 1.61. The Bertz CT molecular complexity index is 1120. The van der Waals surface area contributed by atoms with Crippen molar-refractivity contribution in [2.45, 2.75) is 16.7 Å². The molecular weight excluding hydrogens is 338 g/mol. The van der Waals surface area contributed by atoms with Crippen LogP contribution >= 0.6 is 11.3 Å². The Hall–Kier alpha value is -2.37. The van der Waals surface area contributed by atoms with Gasteiger partial charge in [0.2, 0.25) is 9.84 Å². The lowest BCUT2D eigenvalue weighted by Gasteiger charge is -2.06. The predicted octanol–water partition coefficient (Wildman–Crippen LogP) is 5.04. The second-order valence-electron chi connectivity index (χ2n) is 5.73. The largest absolute Gasteiger partial charge is 0.354 e. The van der Waals surface area contributed by atoms with E-state index in [9.17, 15) is 8.42 Å². The lowest BCUT2D eigenvalue weighted by Crippen LogP contribution is -2.02. The van der Waals surface area contributed by atoms with Crippen LogP contribution < -0.4 is 0 Å². The molecule has 1 N–H and O–H groups in total. The zero-order valence-electron chi connectivity index (χ0n) is 13.0. The summed E-state index contributed by atoms with van der Waals surface area (Å²) < 4.78 is 26.2. The normalized spacial score (nSPS) is 11.9. The Balaban J connectivity index is 1.94. The third kappa shape index (κ3) is 2.46. The molecule has 5 heteroatoms. The van der Waals surface area contributed by atoms with Crippen LogP contribution in [0.2, 0.25) is 0 Å². The van der Waals surface area contributed by atoms with E-state index in [2.05, 4.69) is 4.98 Å². The van der Waals surface area contributed by atoms with Crippen molar-refractivity contribution in [3.63, 3.8) is 0 Å². The van der Waals surface area contributed by atoms with Crippen LogP contribution in [0.4, 0.5) is 0 Å². The van der Waals surface area contributed by atoms with E-state index in [1.807, 2.05) is 41.9 Å². The highest BCUT2D eigenvalue weighted by molar-refractivity contribution is 7.91. The quantitative estimate of drug-likeness (QED) is 0.561. The van der Waals surface area contributed by atoms with Gasteiger partial charge in [0.05, 0.1) is 9.79 Å². The van der Waals surface area contributed by atoms with Crippen LogP contribution in [0, 0.1) is 6.92 Å². The molecule has 0 fully saturated rings. The number of hydrogen-bond donors (Lipinski definition) is 1. The van der Waals surface area contributed by atoms with Crippen LogP contribution in [0.5, 0.6) is 0 Å². The average molecular weight is 353 g/mol. The number of aryl methyl sites for hydroxylation is 1. The molecule has 120 valence electrons. The molecule has 0 saturated carbocycles. The maximum atomic E-state index is 13.1. The Kier molecular flexibility index (Phi) is 3.55. The summed E-state index contributed by atoms with van der Waals surface area (Å²) in [5.41, 5.74) is 3.74. The molecule has 0 bridgehead atoms. The maximum absolute atomic E-state index is 13.1. The van der Waals surface area contributed by atoms with Gasteiger partial charge in [-0.15, -0.1) is 0 Å². The number of benzene rings is 2. The van der Waals surface area contributed by atoms with Gasteiger partial charge >= 0.3 is 0 Å². The highest BCUT2D eigenvalue weighted by Gasteiger charge is 2.21. The molecule has 0 aliphatic rings. The average Bonchev–Trinajstić information content (AvgIpc) is 3.23. The Labute approximate surface area is 144 Å². The topological polar surface area (TPSA) is 49.9 Å². The summed E-state index contributed by atoms with van der Waals surface area (Å²) in [6, 6.07) is 16.3. The molecule has 4 rings (SSSR count). The second-order valence-corrected chi connectivity index (χ2v) is 8.43. The smallest absolute Gasteiger partial charge is 0.207 e. The molecule has 0 aliphatic carbocycles. The van der Waals surface area contributed by atoms with Crippen molar-refractivity contribution in [2.24, 2.45) is 0 Å². The number of sulfone groups is 1. The first-order valence-electron chi connectivity index (χ1n) is 7.52. The number of hydrogen-bond acceptors (Lipinski definition) is 3. The minimum Gasteiger partial charge on any atom is -0.354 e. The molecule has 24 heavy (non-hydrogen) atoms. The molecule has 0 unspecified atom stereocenters. The minimum atomic E-state index is -3.56. The fourth-order valence-corrected chi connectivity index (χ4v) is 5.07. The van der Waals surface area contributed by atoms with Gasteiger partial charge in [0.1, 0.15) is 0 Å². The van der Waals surface area contributed by atoms with Crippen LogP contribution in [0.15, 0.2) is 75.1 Å². The first kappa shape index (κ1) is 15.2. The van der Waals surface area contributed by atoms with E-state index in [1.54, 1.807) is 41.7 Å². The highest BCUT2D eigenvalue weighted by Crippen LogP contribution is 2.32. The number of fused-ring (bicyclic) bond motifs is 1.